The van der Waals surface area contributed by atoms with Gasteiger partial charge in [0.2, 0.25) is 0 Å². The molecule has 0 spiro atoms. The molecule has 178 valence electrons. The third kappa shape index (κ3) is 5.66. The van der Waals surface area contributed by atoms with Crippen LogP contribution in [0.25, 0.3) is 5.69 Å². The van der Waals surface area contributed by atoms with Crippen molar-refractivity contribution in [3.8, 4) is 5.69 Å². The molecule has 7 nitrogen and oxygen atoms in total. The minimum Gasteiger partial charge on any atom is -0.322 e. The molecule has 4 aromatic rings. The third-order valence-corrected chi connectivity index (χ3v) is 6.07. The average Bonchev–Trinajstić information content (AvgIpc) is 3.12. The SMILES string of the molecule is O=C(Nc1cc(=O)n(-c2c(Cl)cc(Cl)cc2Cl)[nH]1)c1cccc(NC(=O)c2ccc(Cl)cc2Cl)c1. The van der Waals surface area contributed by atoms with Crippen LogP contribution in [0.3, 0.4) is 0 Å². The van der Waals surface area contributed by atoms with E-state index in [-0.39, 0.29) is 37.7 Å². The number of H-pyrrole nitrogens is 1. The molecule has 12 heteroatoms. The van der Waals surface area contributed by atoms with Crippen LogP contribution in [0.2, 0.25) is 25.1 Å². The van der Waals surface area contributed by atoms with Crippen molar-refractivity contribution in [1.82, 2.24) is 9.78 Å². The highest BCUT2D eigenvalue weighted by atomic mass is 35.5. The van der Waals surface area contributed by atoms with Gasteiger partial charge in [0.1, 0.15) is 11.5 Å². The number of halogens is 5. The van der Waals surface area contributed by atoms with Gasteiger partial charge in [-0.05, 0) is 48.5 Å². The van der Waals surface area contributed by atoms with Crippen molar-refractivity contribution in [2.45, 2.75) is 0 Å². The quantitative estimate of drug-likeness (QED) is 0.243. The number of amides is 2. The first kappa shape index (κ1) is 25.2. The minimum absolute atomic E-state index is 0.101. The minimum atomic E-state index is -0.535. The molecular formula is C23H13Cl5N4O3. The van der Waals surface area contributed by atoms with Gasteiger partial charge in [-0.2, -0.15) is 0 Å². The molecule has 1 aromatic heterocycles. The maximum Gasteiger partial charge on any atom is 0.273 e. The van der Waals surface area contributed by atoms with Crippen LogP contribution in [-0.4, -0.2) is 21.6 Å². The van der Waals surface area contributed by atoms with E-state index in [1.54, 1.807) is 24.3 Å². The lowest BCUT2D eigenvalue weighted by Crippen LogP contribution is -2.15. The summed E-state index contributed by atoms with van der Waals surface area (Å²) in [5.74, 6) is -0.904. The first-order valence-electron chi connectivity index (χ1n) is 9.77. The number of aromatic amines is 1. The Hall–Kier alpha value is -2.94. The van der Waals surface area contributed by atoms with Gasteiger partial charge in [0.15, 0.2) is 0 Å². The van der Waals surface area contributed by atoms with Crippen molar-refractivity contribution in [2.24, 2.45) is 0 Å². The molecule has 3 N–H and O–H groups in total. The number of carbonyl (C=O) groups excluding carboxylic acids is 2. The van der Waals surface area contributed by atoms with Gasteiger partial charge >= 0.3 is 0 Å². The molecule has 0 aliphatic carbocycles. The van der Waals surface area contributed by atoms with Gasteiger partial charge in [0.05, 0.1) is 20.6 Å². The van der Waals surface area contributed by atoms with Crippen molar-refractivity contribution >= 4 is 81.3 Å². The Bertz CT molecular complexity index is 1510. The van der Waals surface area contributed by atoms with Gasteiger partial charge in [-0.1, -0.05) is 64.1 Å². The summed E-state index contributed by atoms with van der Waals surface area (Å²) < 4.78 is 1.09. The Morgan fingerprint density at radius 2 is 1.43 bits per heavy atom. The monoisotopic (exact) mass is 568 g/mol. The predicted molar refractivity (Wildman–Crippen MR) is 140 cm³/mol. The Balaban J connectivity index is 1.53. The zero-order valence-corrected chi connectivity index (χ0v) is 21.1. The molecule has 3 aromatic carbocycles. The standard InChI is InChI=1S/C23H13Cl5N4O3/c24-12-4-5-15(16(26)7-12)23(35)29-14-3-1-2-11(6-14)22(34)30-19-10-20(33)32(31-19)21-17(27)8-13(25)9-18(21)28/h1-10,31H,(H,29,35)(H,30,34). The van der Waals surface area contributed by atoms with E-state index in [0.717, 1.165) is 4.68 Å². The first-order valence-corrected chi connectivity index (χ1v) is 11.7. The van der Waals surface area contributed by atoms with E-state index in [1.807, 2.05) is 0 Å². The van der Waals surface area contributed by atoms with Crippen LogP contribution in [0, 0.1) is 0 Å². The Morgan fingerprint density at radius 3 is 2.11 bits per heavy atom. The molecule has 0 fully saturated rings. The lowest BCUT2D eigenvalue weighted by Gasteiger charge is -2.10. The molecule has 0 saturated heterocycles. The fourth-order valence-electron chi connectivity index (χ4n) is 3.18. The highest BCUT2D eigenvalue weighted by Gasteiger charge is 2.16. The number of benzene rings is 3. The van der Waals surface area contributed by atoms with Gasteiger partial charge in [-0.25, -0.2) is 4.68 Å². The number of hydrogen-bond acceptors (Lipinski definition) is 3. The number of nitrogens with zero attached hydrogens (tertiary/aromatic N) is 1. The smallest absolute Gasteiger partial charge is 0.273 e. The van der Waals surface area contributed by atoms with Crippen molar-refractivity contribution in [1.29, 1.82) is 0 Å². The molecule has 0 saturated carbocycles. The van der Waals surface area contributed by atoms with Crippen molar-refractivity contribution in [3.05, 3.63) is 107 Å². The maximum atomic E-state index is 12.8. The van der Waals surface area contributed by atoms with Crippen LogP contribution in [0.15, 0.2) is 65.5 Å². The molecule has 0 bridgehead atoms. The number of aromatic nitrogens is 2. The highest BCUT2D eigenvalue weighted by molar-refractivity contribution is 6.40. The van der Waals surface area contributed by atoms with E-state index >= 15 is 0 Å². The Morgan fingerprint density at radius 1 is 0.743 bits per heavy atom. The second kappa shape index (κ2) is 10.4. The average molecular weight is 571 g/mol. The lowest BCUT2D eigenvalue weighted by molar-refractivity contribution is 0.101. The highest BCUT2D eigenvalue weighted by Crippen LogP contribution is 2.31. The summed E-state index contributed by atoms with van der Waals surface area (Å²) >= 11 is 30.3. The number of anilines is 2. The maximum absolute atomic E-state index is 12.8. The fraction of sp³-hybridized carbons (Fsp3) is 0. The summed E-state index contributed by atoms with van der Waals surface area (Å²) in [4.78, 5) is 37.8. The summed E-state index contributed by atoms with van der Waals surface area (Å²) in [5, 5.41) is 9.21. The number of nitrogens with one attached hydrogen (secondary N) is 3. The van der Waals surface area contributed by atoms with E-state index in [1.165, 1.54) is 36.4 Å². The second-order valence-electron chi connectivity index (χ2n) is 7.17. The summed E-state index contributed by atoms with van der Waals surface area (Å²) in [7, 11) is 0. The molecule has 1 heterocycles. The second-order valence-corrected chi connectivity index (χ2v) is 9.27. The van der Waals surface area contributed by atoms with E-state index in [9.17, 15) is 14.4 Å². The topological polar surface area (TPSA) is 96.0 Å². The molecule has 0 radical (unpaired) electrons. The Labute approximate surface area is 223 Å². The normalized spacial score (nSPS) is 10.8. The largest absolute Gasteiger partial charge is 0.322 e. The molecule has 2 amide bonds. The number of rotatable bonds is 5. The fourth-order valence-corrected chi connectivity index (χ4v) is 4.66. The molecule has 0 atom stereocenters. The molecule has 0 aliphatic rings. The summed E-state index contributed by atoms with van der Waals surface area (Å²) in [5.41, 5.74) is 0.492. The van der Waals surface area contributed by atoms with Crippen LogP contribution in [0.1, 0.15) is 20.7 Å². The predicted octanol–water partition coefficient (Wildman–Crippen LogP) is 6.94. The van der Waals surface area contributed by atoms with Gasteiger partial charge in [0.25, 0.3) is 17.4 Å². The van der Waals surface area contributed by atoms with E-state index in [2.05, 4.69) is 15.7 Å². The number of carbonyl (C=O) groups is 2. The summed E-state index contributed by atoms with van der Waals surface area (Å²) in [6, 6.07) is 14.8. The third-order valence-electron chi connectivity index (χ3n) is 4.73. The molecule has 0 aliphatic heterocycles. The molecule has 4 rings (SSSR count). The van der Waals surface area contributed by atoms with Gasteiger partial charge in [-0.15, -0.1) is 0 Å². The summed E-state index contributed by atoms with van der Waals surface area (Å²) in [6.45, 7) is 0. The van der Waals surface area contributed by atoms with Gasteiger partial charge < -0.3 is 10.6 Å². The zero-order chi connectivity index (χ0) is 25.3. The molecular weight excluding hydrogens is 558 g/mol. The van der Waals surface area contributed by atoms with Crippen LogP contribution in [0.5, 0.6) is 0 Å². The van der Waals surface area contributed by atoms with Crippen LogP contribution >= 0.6 is 58.0 Å². The zero-order valence-electron chi connectivity index (χ0n) is 17.3. The van der Waals surface area contributed by atoms with E-state index in [4.69, 9.17) is 58.0 Å². The van der Waals surface area contributed by atoms with Crippen molar-refractivity contribution < 1.29 is 9.59 Å². The van der Waals surface area contributed by atoms with Gasteiger partial charge in [-0.3, -0.25) is 19.5 Å². The molecule has 0 unspecified atom stereocenters. The lowest BCUT2D eigenvalue weighted by atomic mass is 10.1. The van der Waals surface area contributed by atoms with Crippen molar-refractivity contribution in [3.63, 3.8) is 0 Å². The number of hydrogen-bond donors (Lipinski definition) is 3. The van der Waals surface area contributed by atoms with E-state index < -0.39 is 17.4 Å². The first-order chi connectivity index (χ1) is 16.6. The Kier molecular flexibility index (Phi) is 7.44. The van der Waals surface area contributed by atoms with Gasteiger partial charge in [0, 0.05) is 27.4 Å². The van der Waals surface area contributed by atoms with Crippen LogP contribution < -0.4 is 16.2 Å². The van der Waals surface area contributed by atoms with Crippen LogP contribution in [-0.2, 0) is 0 Å². The van der Waals surface area contributed by atoms with Crippen molar-refractivity contribution in [2.75, 3.05) is 10.6 Å². The summed E-state index contributed by atoms with van der Waals surface area (Å²) in [6.07, 6.45) is 0. The van der Waals surface area contributed by atoms with Crippen LogP contribution in [0.4, 0.5) is 11.5 Å². The molecule has 35 heavy (non-hydrogen) atoms. The van der Waals surface area contributed by atoms with E-state index in [0.29, 0.717) is 15.7 Å².